The Kier molecular flexibility index (Phi) is 3.44. The van der Waals surface area contributed by atoms with Crippen LogP contribution >= 0.6 is 0 Å². The molecule has 26 heavy (non-hydrogen) atoms. The van der Waals surface area contributed by atoms with E-state index >= 15 is 0 Å². The number of nitrogens with two attached hydrogens (primary N) is 1. The highest BCUT2D eigenvalue weighted by Crippen LogP contribution is 2.54. The molecule has 1 atom stereocenters. The Labute approximate surface area is 150 Å². The fourth-order valence-corrected chi connectivity index (χ4v) is 6.91. The zero-order valence-electron chi connectivity index (χ0n) is 14.7. The van der Waals surface area contributed by atoms with Crippen LogP contribution in [0, 0.1) is 6.92 Å². The van der Waals surface area contributed by atoms with Gasteiger partial charge in [-0.1, -0.05) is 0 Å². The van der Waals surface area contributed by atoms with Gasteiger partial charge >= 0.3 is 0 Å². The molecule has 2 N–H and O–H groups in total. The van der Waals surface area contributed by atoms with Gasteiger partial charge in [0.2, 0.25) is 0 Å². The lowest BCUT2D eigenvalue weighted by Crippen LogP contribution is -2.58. The summed E-state index contributed by atoms with van der Waals surface area (Å²) in [7, 11) is -1.77. The second-order valence-corrected chi connectivity index (χ2v) is 10.2. The first-order chi connectivity index (χ1) is 12.1. The average Bonchev–Trinajstić information content (AvgIpc) is 3.45. The Bertz CT molecular complexity index is 1000. The van der Waals surface area contributed by atoms with Crippen molar-refractivity contribution in [2.45, 2.75) is 55.2 Å². The van der Waals surface area contributed by atoms with E-state index in [1.54, 1.807) is 14.0 Å². The largest absolute Gasteiger partial charge is 0.365 e. The summed E-state index contributed by atoms with van der Waals surface area (Å²) in [5, 5.41) is -0.328. The van der Waals surface area contributed by atoms with Gasteiger partial charge in [-0.05, 0) is 44.2 Å². The molecule has 2 heterocycles. The summed E-state index contributed by atoms with van der Waals surface area (Å²) >= 11 is 0. The van der Waals surface area contributed by atoms with Crippen LogP contribution in [-0.2, 0) is 16.4 Å². The lowest BCUT2D eigenvalue weighted by atomic mass is 10.0. The number of amides is 2. The van der Waals surface area contributed by atoms with Crippen LogP contribution in [-0.4, -0.2) is 52.8 Å². The molecular formula is C17H21N3O5S. The van der Waals surface area contributed by atoms with Crippen molar-refractivity contribution in [3.8, 4) is 0 Å². The molecule has 8 nitrogen and oxygen atoms in total. The highest BCUT2D eigenvalue weighted by Gasteiger charge is 2.65. The number of sulfone groups is 1. The topological polar surface area (TPSA) is 120 Å². The Morgan fingerprint density at radius 2 is 1.88 bits per heavy atom. The number of rotatable bonds is 4. The van der Waals surface area contributed by atoms with Gasteiger partial charge in [0, 0.05) is 13.6 Å². The number of carbonyl (C=O) groups excluding carboxylic acids is 2. The van der Waals surface area contributed by atoms with Crippen LogP contribution in [0.1, 0.15) is 52.1 Å². The van der Waals surface area contributed by atoms with Crippen LogP contribution in [0.4, 0.5) is 0 Å². The van der Waals surface area contributed by atoms with Crippen molar-refractivity contribution >= 4 is 21.7 Å². The van der Waals surface area contributed by atoms with Crippen molar-refractivity contribution in [3.63, 3.8) is 0 Å². The van der Waals surface area contributed by atoms with E-state index in [9.17, 15) is 22.8 Å². The second kappa shape index (κ2) is 5.18. The molecule has 1 aromatic rings. The van der Waals surface area contributed by atoms with Crippen LogP contribution in [0.25, 0.3) is 0 Å². The predicted molar refractivity (Wildman–Crippen MR) is 93.7 cm³/mol. The molecule has 0 bridgehead atoms. The van der Waals surface area contributed by atoms with E-state index in [4.69, 9.17) is 5.73 Å². The fraction of sp³-hybridized carbons (Fsp3) is 0.588. The first-order valence-corrected chi connectivity index (χ1v) is 10.2. The van der Waals surface area contributed by atoms with E-state index in [0.717, 1.165) is 0 Å². The molecule has 9 heteroatoms. The third-order valence-electron chi connectivity index (χ3n) is 5.97. The van der Waals surface area contributed by atoms with E-state index < -0.39 is 38.0 Å². The Balaban J connectivity index is 1.86. The molecule has 2 fully saturated rings. The smallest absolute Gasteiger partial charge is 0.270 e. The van der Waals surface area contributed by atoms with Gasteiger partial charge in [-0.25, -0.2) is 8.42 Å². The maximum absolute atomic E-state index is 13.0. The summed E-state index contributed by atoms with van der Waals surface area (Å²) in [5.41, 5.74) is 5.14. The zero-order valence-corrected chi connectivity index (χ0v) is 15.5. The van der Waals surface area contributed by atoms with Gasteiger partial charge in [0.25, 0.3) is 17.4 Å². The lowest BCUT2D eigenvalue weighted by Gasteiger charge is -2.40. The molecule has 4 rings (SSSR count). The Hall–Kier alpha value is -2.16. The maximum atomic E-state index is 13.0. The zero-order chi connectivity index (χ0) is 19.0. The predicted octanol–water partition coefficient (Wildman–Crippen LogP) is -0.180. The van der Waals surface area contributed by atoms with Gasteiger partial charge < -0.3 is 15.2 Å². The minimum absolute atomic E-state index is 0.0598. The number of likely N-dealkylation sites (N-methyl/N-ethyl adjacent to an activating group) is 1. The standard InChI is InChI=1S/C17H21N3O5S/c1-9-7-11(14(18)21)15(22)20-8-12(19(2)16(23)13(9)20)17(5-6-17)26(24,25)10-3-4-10/h7,10,12H,3-6,8H2,1-2H3,(H2,18,21). The van der Waals surface area contributed by atoms with Crippen molar-refractivity contribution in [1.29, 1.82) is 0 Å². The Morgan fingerprint density at radius 1 is 1.27 bits per heavy atom. The summed E-state index contributed by atoms with van der Waals surface area (Å²) in [6.07, 6.45) is 2.31. The number of primary amides is 1. The van der Waals surface area contributed by atoms with E-state index in [1.807, 2.05) is 0 Å². The van der Waals surface area contributed by atoms with Gasteiger partial charge in [0.05, 0.1) is 16.0 Å². The van der Waals surface area contributed by atoms with Crippen LogP contribution in [0.5, 0.6) is 0 Å². The molecule has 2 amide bonds. The fourth-order valence-electron chi connectivity index (χ4n) is 4.21. The molecule has 0 aromatic carbocycles. The lowest BCUT2D eigenvalue weighted by molar-refractivity contribution is 0.0633. The van der Waals surface area contributed by atoms with Crippen LogP contribution in [0.2, 0.25) is 0 Å². The maximum Gasteiger partial charge on any atom is 0.270 e. The first kappa shape index (κ1) is 17.3. The third kappa shape index (κ3) is 2.12. The van der Waals surface area contributed by atoms with E-state index in [-0.39, 0.29) is 23.1 Å². The van der Waals surface area contributed by atoms with Crippen molar-refractivity contribution in [2.75, 3.05) is 7.05 Å². The second-order valence-electron chi connectivity index (χ2n) is 7.61. The SMILES string of the molecule is Cc1cc(C(N)=O)c(=O)n2c1C(=O)N(C)C(C1(S(=O)(=O)C3CC3)CC1)C2. The summed E-state index contributed by atoms with van der Waals surface area (Å²) in [5.74, 6) is -1.26. The van der Waals surface area contributed by atoms with Crippen molar-refractivity contribution in [3.05, 3.63) is 33.2 Å². The quantitative estimate of drug-likeness (QED) is 0.778. The van der Waals surface area contributed by atoms with Crippen molar-refractivity contribution in [2.24, 2.45) is 5.73 Å². The monoisotopic (exact) mass is 379 g/mol. The van der Waals surface area contributed by atoms with Crippen molar-refractivity contribution < 1.29 is 18.0 Å². The normalized spacial score (nSPS) is 24.3. The van der Waals surface area contributed by atoms with Crippen LogP contribution in [0.3, 0.4) is 0 Å². The first-order valence-electron chi connectivity index (χ1n) is 8.66. The van der Waals surface area contributed by atoms with E-state index in [2.05, 4.69) is 0 Å². The number of carbonyl (C=O) groups is 2. The number of aryl methyl sites for hydroxylation is 1. The third-order valence-corrected chi connectivity index (χ3v) is 9.13. The van der Waals surface area contributed by atoms with Crippen LogP contribution < -0.4 is 11.3 Å². The molecular weight excluding hydrogens is 358 g/mol. The summed E-state index contributed by atoms with van der Waals surface area (Å²) < 4.78 is 26.2. The van der Waals surface area contributed by atoms with Crippen LogP contribution in [0.15, 0.2) is 10.9 Å². The molecule has 1 unspecified atom stereocenters. The molecule has 0 spiro atoms. The minimum Gasteiger partial charge on any atom is -0.365 e. The van der Waals surface area contributed by atoms with Gasteiger partial charge in [0.15, 0.2) is 9.84 Å². The van der Waals surface area contributed by atoms with Gasteiger partial charge in [-0.2, -0.15) is 0 Å². The number of pyridine rings is 1. The number of hydrogen-bond acceptors (Lipinski definition) is 5. The number of fused-ring (bicyclic) bond motifs is 1. The Morgan fingerprint density at radius 3 is 2.38 bits per heavy atom. The molecule has 2 saturated carbocycles. The minimum atomic E-state index is -3.36. The molecule has 1 aliphatic heterocycles. The summed E-state index contributed by atoms with van der Waals surface area (Å²) in [4.78, 5) is 38.6. The summed E-state index contributed by atoms with van der Waals surface area (Å²) in [6.45, 7) is 1.70. The summed E-state index contributed by atoms with van der Waals surface area (Å²) in [6, 6.07) is 0.712. The molecule has 140 valence electrons. The van der Waals surface area contributed by atoms with E-state index in [1.165, 1.54) is 15.5 Å². The number of nitrogens with zero attached hydrogens (tertiary/aromatic N) is 2. The highest BCUT2D eigenvalue weighted by molar-refractivity contribution is 7.94. The molecule has 1 aromatic heterocycles. The molecule has 0 radical (unpaired) electrons. The average molecular weight is 379 g/mol. The number of hydrogen-bond donors (Lipinski definition) is 1. The highest BCUT2D eigenvalue weighted by atomic mass is 32.2. The van der Waals surface area contributed by atoms with Gasteiger partial charge in [0.1, 0.15) is 11.3 Å². The van der Waals surface area contributed by atoms with E-state index in [0.29, 0.717) is 31.2 Å². The van der Waals surface area contributed by atoms with Crippen molar-refractivity contribution in [1.82, 2.24) is 9.47 Å². The molecule has 3 aliphatic rings. The molecule has 0 saturated heterocycles. The van der Waals surface area contributed by atoms with Gasteiger partial charge in [-0.3, -0.25) is 14.4 Å². The molecule has 2 aliphatic carbocycles. The van der Waals surface area contributed by atoms with Gasteiger partial charge in [-0.15, -0.1) is 0 Å². The number of aromatic nitrogens is 1.